The zero-order valence-electron chi connectivity index (χ0n) is 18.4. The van der Waals surface area contributed by atoms with E-state index in [0.29, 0.717) is 38.3 Å². The lowest BCUT2D eigenvalue weighted by Crippen LogP contribution is -2.52. The molecule has 0 unspecified atom stereocenters. The zero-order valence-corrected chi connectivity index (χ0v) is 19.2. The van der Waals surface area contributed by atoms with Crippen LogP contribution in [0.4, 0.5) is 23.8 Å². The number of aromatic nitrogens is 1. The van der Waals surface area contributed by atoms with Gasteiger partial charge in [0.2, 0.25) is 0 Å². The molecule has 4 rings (SSSR count). The number of rotatable bonds is 4. The highest BCUT2D eigenvalue weighted by Gasteiger charge is 2.32. The van der Waals surface area contributed by atoms with E-state index >= 15 is 0 Å². The summed E-state index contributed by atoms with van der Waals surface area (Å²) in [6.07, 6.45) is -1.66. The van der Waals surface area contributed by atoms with Crippen LogP contribution >= 0.6 is 11.6 Å². The second-order valence-electron chi connectivity index (χ2n) is 8.36. The summed E-state index contributed by atoms with van der Waals surface area (Å²) in [6, 6.07) is 7.86. The molecule has 11 heteroatoms. The predicted octanol–water partition coefficient (Wildman–Crippen LogP) is 4.02. The molecular weight excluding hydrogens is 471 g/mol. The van der Waals surface area contributed by atoms with Gasteiger partial charge in [0.1, 0.15) is 5.82 Å². The van der Waals surface area contributed by atoms with E-state index in [4.69, 9.17) is 11.6 Å². The Bertz CT molecular complexity index is 1030. The van der Waals surface area contributed by atoms with Crippen LogP contribution in [-0.2, 0) is 12.7 Å². The molecule has 2 aliphatic rings. The van der Waals surface area contributed by atoms with Gasteiger partial charge in [0.05, 0.1) is 10.6 Å². The summed E-state index contributed by atoms with van der Waals surface area (Å²) in [7, 11) is 0. The molecule has 0 saturated carbocycles. The average Bonchev–Trinajstić information content (AvgIpc) is 3.37. The van der Waals surface area contributed by atoms with Crippen molar-refractivity contribution < 1.29 is 22.8 Å². The molecule has 1 N–H and O–H groups in total. The average molecular weight is 496 g/mol. The number of nitrogens with zero attached hydrogens (tertiary/aromatic N) is 4. The third-order valence-electron chi connectivity index (χ3n) is 6.05. The van der Waals surface area contributed by atoms with Crippen LogP contribution < -0.4 is 10.2 Å². The maximum absolute atomic E-state index is 12.8. The molecule has 0 radical (unpaired) electrons. The Morgan fingerprint density at radius 3 is 2.21 bits per heavy atom. The van der Waals surface area contributed by atoms with Crippen LogP contribution in [-0.4, -0.2) is 66.0 Å². The minimum atomic E-state index is -4.50. The van der Waals surface area contributed by atoms with E-state index in [-0.39, 0.29) is 22.8 Å². The highest BCUT2D eigenvalue weighted by atomic mass is 35.5. The summed E-state index contributed by atoms with van der Waals surface area (Å²) < 4.78 is 38.4. The number of amides is 3. The zero-order chi connectivity index (χ0) is 24.3. The lowest BCUT2D eigenvalue weighted by molar-refractivity contribution is -0.137. The number of carbonyl (C=O) groups excluding carboxylic acids is 2. The van der Waals surface area contributed by atoms with E-state index in [1.54, 1.807) is 21.9 Å². The Labute approximate surface area is 200 Å². The molecule has 2 saturated heterocycles. The monoisotopic (exact) mass is 495 g/mol. The second kappa shape index (κ2) is 10.1. The van der Waals surface area contributed by atoms with Crippen molar-refractivity contribution in [2.45, 2.75) is 25.6 Å². The number of hydrogen-bond acceptors (Lipinski definition) is 4. The number of pyridine rings is 1. The van der Waals surface area contributed by atoms with Gasteiger partial charge in [0.15, 0.2) is 0 Å². The number of hydrogen-bond donors (Lipinski definition) is 1. The van der Waals surface area contributed by atoms with E-state index < -0.39 is 11.7 Å². The third-order valence-corrected chi connectivity index (χ3v) is 6.33. The van der Waals surface area contributed by atoms with Crippen molar-refractivity contribution in [3.63, 3.8) is 0 Å². The van der Waals surface area contributed by atoms with Crippen molar-refractivity contribution in [3.05, 3.63) is 58.2 Å². The Morgan fingerprint density at radius 1 is 0.971 bits per heavy atom. The van der Waals surface area contributed by atoms with Gasteiger partial charge < -0.3 is 20.0 Å². The summed E-state index contributed by atoms with van der Waals surface area (Å²) >= 11 is 6.03. The predicted molar refractivity (Wildman–Crippen MR) is 122 cm³/mol. The van der Waals surface area contributed by atoms with E-state index in [9.17, 15) is 22.8 Å². The van der Waals surface area contributed by atoms with Gasteiger partial charge in [0, 0.05) is 57.6 Å². The largest absolute Gasteiger partial charge is 0.417 e. The molecule has 7 nitrogen and oxygen atoms in total. The molecule has 3 heterocycles. The number of anilines is 1. The molecule has 1 aromatic carbocycles. The van der Waals surface area contributed by atoms with Crippen molar-refractivity contribution in [3.8, 4) is 0 Å². The maximum Gasteiger partial charge on any atom is 0.417 e. The fourth-order valence-electron chi connectivity index (χ4n) is 4.10. The molecule has 1 aromatic heterocycles. The molecule has 2 fully saturated rings. The first-order valence-corrected chi connectivity index (χ1v) is 11.5. The van der Waals surface area contributed by atoms with Crippen molar-refractivity contribution in [2.75, 3.05) is 44.2 Å². The van der Waals surface area contributed by atoms with Crippen LogP contribution in [0.15, 0.2) is 36.5 Å². The standard InChI is InChI=1S/C23H25ClF3N5O2/c24-19-13-18(23(25,26)27)15-28-20(19)30-9-11-32(12-10-30)22(34)29-14-16-3-5-17(6-4-16)21(33)31-7-1-2-8-31/h3-6,13,15H,1-2,7-12,14H2,(H,29,34). The van der Waals surface area contributed by atoms with Gasteiger partial charge in [0.25, 0.3) is 5.91 Å². The van der Waals surface area contributed by atoms with Crippen LogP contribution in [0.25, 0.3) is 0 Å². The van der Waals surface area contributed by atoms with E-state index in [2.05, 4.69) is 10.3 Å². The Morgan fingerprint density at radius 2 is 1.62 bits per heavy atom. The number of urea groups is 1. The minimum Gasteiger partial charge on any atom is -0.352 e. The number of alkyl halides is 3. The SMILES string of the molecule is O=C(NCc1ccc(C(=O)N2CCCC2)cc1)N1CCN(c2ncc(C(F)(F)F)cc2Cl)CC1. The second-order valence-corrected chi connectivity index (χ2v) is 8.76. The molecule has 34 heavy (non-hydrogen) atoms. The topological polar surface area (TPSA) is 68.8 Å². The molecule has 182 valence electrons. The van der Waals surface area contributed by atoms with Crippen LogP contribution in [0.1, 0.15) is 34.3 Å². The van der Waals surface area contributed by atoms with Crippen molar-refractivity contribution in [2.24, 2.45) is 0 Å². The van der Waals surface area contributed by atoms with Crippen molar-refractivity contribution >= 4 is 29.4 Å². The van der Waals surface area contributed by atoms with Crippen LogP contribution in [0.3, 0.4) is 0 Å². The van der Waals surface area contributed by atoms with E-state index in [1.807, 2.05) is 17.0 Å². The van der Waals surface area contributed by atoms with Crippen LogP contribution in [0.5, 0.6) is 0 Å². The highest BCUT2D eigenvalue weighted by Crippen LogP contribution is 2.33. The summed E-state index contributed by atoms with van der Waals surface area (Å²) in [4.78, 5) is 34.1. The third kappa shape index (κ3) is 5.55. The van der Waals surface area contributed by atoms with Gasteiger partial charge >= 0.3 is 12.2 Å². The highest BCUT2D eigenvalue weighted by molar-refractivity contribution is 6.33. The van der Waals surface area contributed by atoms with Crippen molar-refractivity contribution in [1.29, 1.82) is 0 Å². The number of benzene rings is 1. The van der Waals surface area contributed by atoms with Gasteiger partial charge in [-0.15, -0.1) is 0 Å². The molecule has 0 aliphatic carbocycles. The minimum absolute atomic E-state index is 0.0357. The molecule has 2 aromatic rings. The van der Waals surface area contributed by atoms with Crippen LogP contribution in [0, 0.1) is 0 Å². The van der Waals surface area contributed by atoms with Gasteiger partial charge in [-0.1, -0.05) is 23.7 Å². The lowest BCUT2D eigenvalue weighted by Gasteiger charge is -2.35. The number of nitrogens with one attached hydrogen (secondary N) is 1. The fraction of sp³-hybridized carbons (Fsp3) is 0.435. The van der Waals surface area contributed by atoms with Gasteiger partial charge in [-0.05, 0) is 36.6 Å². The number of carbonyl (C=O) groups is 2. The molecule has 0 spiro atoms. The normalized spacial score (nSPS) is 16.6. The molecular formula is C23H25ClF3N5O2. The Balaban J connectivity index is 1.26. The molecule has 3 amide bonds. The van der Waals surface area contributed by atoms with E-state index in [1.165, 1.54) is 0 Å². The molecule has 2 aliphatic heterocycles. The summed E-state index contributed by atoms with van der Waals surface area (Å²) in [6.45, 7) is 3.49. The first kappa shape index (κ1) is 24.1. The first-order chi connectivity index (χ1) is 16.2. The molecule has 0 atom stereocenters. The molecule has 0 bridgehead atoms. The van der Waals surface area contributed by atoms with Crippen LogP contribution in [0.2, 0.25) is 5.02 Å². The van der Waals surface area contributed by atoms with Crippen molar-refractivity contribution in [1.82, 2.24) is 20.1 Å². The van der Waals surface area contributed by atoms with Gasteiger partial charge in [-0.3, -0.25) is 4.79 Å². The van der Waals surface area contributed by atoms with E-state index in [0.717, 1.165) is 43.8 Å². The summed E-state index contributed by atoms with van der Waals surface area (Å²) in [5.74, 6) is 0.312. The Hall–Kier alpha value is -3.01. The fourth-order valence-corrected chi connectivity index (χ4v) is 4.38. The quantitative estimate of drug-likeness (QED) is 0.695. The number of piperazine rings is 1. The Kier molecular flexibility index (Phi) is 7.16. The summed E-state index contributed by atoms with van der Waals surface area (Å²) in [5.41, 5.74) is 0.627. The van der Waals surface area contributed by atoms with Gasteiger partial charge in [-0.25, -0.2) is 9.78 Å². The van der Waals surface area contributed by atoms with Gasteiger partial charge in [-0.2, -0.15) is 13.2 Å². The summed E-state index contributed by atoms with van der Waals surface area (Å²) in [5, 5.41) is 2.80. The lowest BCUT2D eigenvalue weighted by atomic mass is 10.1. The number of halogens is 4. The number of likely N-dealkylation sites (tertiary alicyclic amines) is 1. The maximum atomic E-state index is 12.8. The smallest absolute Gasteiger partial charge is 0.352 e. The first-order valence-electron chi connectivity index (χ1n) is 11.1.